The Morgan fingerprint density at radius 1 is 1.11 bits per heavy atom. The highest BCUT2D eigenvalue weighted by Crippen LogP contribution is 2.16. The van der Waals surface area contributed by atoms with E-state index in [1.54, 1.807) is 0 Å². The Bertz CT molecular complexity index is 692. The van der Waals surface area contributed by atoms with Gasteiger partial charge in [0.25, 0.3) is 0 Å². The smallest absolute Gasteiger partial charge is 0.312 e. The topological polar surface area (TPSA) is 80.5 Å². The molecule has 0 spiro atoms. The number of nitrogens with two attached hydrogens (primary N) is 1. The lowest BCUT2D eigenvalue weighted by Gasteiger charge is -1.95. The van der Waals surface area contributed by atoms with Crippen LogP contribution in [-0.4, -0.2) is 19.9 Å². The van der Waals surface area contributed by atoms with Gasteiger partial charge >= 0.3 is 6.08 Å². The van der Waals surface area contributed by atoms with Crippen molar-refractivity contribution >= 4 is 17.0 Å². The number of halogens is 1. The number of H-pyrrole nitrogens is 1. The lowest BCUT2D eigenvalue weighted by Crippen LogP contribution is -1.97. The van der Waals surface area contributed by atoms with Crippen LogP contribution in [0.1, 0.15) is 11.4 Å². The van der Waals surface area contributed by atoms with Gasteiger partial charge in [0.1, 0.15) is 5.82 Å². The molecule has 3 N–H and O–H groups in total. The fourth-order valence-electron chi connectivity index (χ4n) is 1.81. The molecule has 0 atom stereocenters. The van der Waals surface area contributed by atoms with E-state index < -0.39 is 6.08 Å². The van der Waals surface area contributed by atoms with Gasteiger partial charge in [-0.1, -0.05) is 30.3 Å². The number of nitrogens with one attached hydrogen (secondary N) is 1. The van der Waals surface area contributed by atoms with Gasteiger partial charge in [0.2, 0.25) is 0 Å². The van der Waals surface area contributed by atoms with Crippen molar-refractivity contribution in [2.24, 2.45) is 0 Å². The molecule has 0 aliphatic heterocycles. The Morgan fingerprint density at radius 3 is 2.67 bits per heavy atom. The number of fused-ring (bicyclic) bond motifs is 1. The molecular formula is C12H10FN5. The first-order valence-corrected chi connectivity index (χ1v) is 5.44. The second kappa shape index (κ2) is 4.06. The van der Waals surface area contributed by atoms with Gasteiger partial charge in [0.05, 0.1) is 0 Å². The maximum Gasteiger partial charge on any atom is 0.312 e. The predicted molar refractivity (Wildman–Crippen MR) is 65.3 cm³/mol. The van der Waals surface area contributed by atoms with Gasteiger partial charge in [-0.3, -0.25) is 0 Å². The van der Waals surface area contributed by atoms with Crippen molar-refractivity contribution in [1.29, 1.82) is 0 Å². The van der Waals surface area contributed by atoms with Crippen LogP contribution in [-0.2, 0) is 6.42 Å². The van der Waals surface area contributed by atoms with Crippen molar-refractivity contribution in [3.05, 3.63) is 47.8 Å². The Morgan fingerprint density at radius 2 is 1.89 bits per heavy atom. The Kier molecular flexibility index (Phi) is 2.40. The van der Waals surface area contributed by atoms with E-state index in [0.29, 0.717) is 23.4 Å². The third kappa shape index (κ3) is 1.88. The summed E-state index contributed by atoms with van der Waals surface area (Å²) in [4.78, 5) is 14.3. The highest BCUT2D eigenvalue weighted by atomic mass is 19.1. The zero-order chi connectivity index (χ0) is 12.5. The van der Waals surface area contributed by atoms with E-state index in [0.717, 1.165) is 5.56 Å². The van der Waals surface area contributed by atoms with Crippen LogP contribution in [0.4, 0.5) is 10.2 Å². The number of hydrogen-bond donors (Lipinski definition) is 2. The van der Waals surface area contributed by atoms with E-state index in [-0.39, 0.29) is 5.82 Å². The Labute approximate surface area is 102 Å². The van der Waals surface area contributed by atoms with Crippen molar-refractivity contribution < 1.29 is 4.39 Å². The van der Waals surface area contributed by atoms with Crippen LogP contribution in [0.15, 0.2) is 30.3 Å². The Hall–Kier alpha value is -2.50. The number of aromatic nitrogens is 4. The molecule has 5 nitrogen and oxygen atoms in total. The monoisotopic (exact) mass is 243 g/mol. The first-order valence-electron chi connectivity index (χ1n) is 5.44. The molecule has 6 heteroatoms. The van der Waals surface area contributed by atoms with E-state index in [2.05, 4.69) is 19.9 Å². The molecule has 0 bridgehead atoms. The summed E-state index contributed by atoms with van der Waals surface area (Å²) in [6, 6.07) is 9.82. The van der Waals surface area contributed by atoms with Crippen LogP contribution in [0.5, 0.6) is 0 Å². The zero-order valence-corrected chi connectivity index (χ0v) is 9.39. The summed E-state index contributed by atoms with van der Waals surface area (Å²) in [6.07, 6.45) is -0.243. The molecule has 0 aliphatic carbocycles. The minimum absolute atomic E-state index is 0.0491. The summed E-state index contributed by atoms with van der Waals surface area (Å²) in [5.41, 5.74) is 7.42. The highest BCUT2D eigenvalue weighted by Gasteiger charge is 2.10. The van der Waals surface area contributed by atoms with E-state index >= 15 is 0 Å². The first kappa shape index (κ1) is 10.6. The molecule has 3 rings (SSSR count). The van der Waals surface area contributed by atoms with E-state index in [1.807, 2.05) is 30.3 Å². The van der Waals surface area contributed by atoms with Crippen LogP contribution >= 0.6 is 0 Å². The summed E-state index contributed by atoms with van der Waals surface area (Å²) in [5.74, 6) is 0.732. The van der Waals surface area contributed by atoms with Gasteiger partial charge in [-0.05, 0) is 5.56 Å². The number of benzene rings is 1. The second-order valence-corrected chi connectivity index (χ2v) is 3.92. The number of anilines is 1. The normalized spacial score (nSPS) is 10.9. The molecule has 0 fully saturated rings. The quantitative estimate of drug-likeness (QED) is 0.671. The van der Waals surface area contributed by atoms with E-state index in [1.165, 1.54) is 0 Å². The molecule has 2 heterocycles. The van der Waals surface area contributed by atoms with Crippen molar-refractivity contribution in [3.8, 4) is 0 Å². The van der Waals surface area contributed by atoms with Gasteiger partial charge < -0.3 is 10.7 Å². The molecule has 0 saturated carbocycles. The molecule has 90 valence electrons. The fourth-order valence-corrected chi connectivity index (χ4v) is 1.81. The standard InChI is InChI=1S/C12H10FN5/c13-12-17-10(14)9-11(18-12)16-8(15-9)6-7-4-2-1-3-5-7/h1-5H,6H2,(H3,14,15,16,17,18). The minimum atomic E-state index is -0.852. The van der Waals surface area contributed by atoms with Gasteiger partial charge in [0.15, 0.2) is 17.0 Å². The summed E-state index contributed by atoms with van der Waals surface area (Å²) in [5, 5.41) is 0. The van der Waals surface area contributed by atoms with Gasteiger partial charge in [-0.25, -0.2) is 4.98 Å². The van der Waals surface area contributed by atoms with Crippen molar-refractivity contribution in [2.75, 3.05) is 5.73 Å². The molecule has 18 heavy (non-hydrogen) atoms. The summed E-state index contributed by atoms with van der Waals surface area (Å²) < 4.78 is 13.0. The average Bonchev–Trinajstić information content (AvgIpc) is 2.73. The van der Waals surface area contributed by atoms with Gasteiger partial charge in [-0.2, -0.15) is 14.4 Å². The maximum atomic E-state index is 13.0. The number of rotatable bonds is 2. The van der Waals surface area contributed by atoms with Gasteiger partial charge in [-0.15, -0.1) is 0 Å². The van der Waals surface area contributed by atoms with E-state index in [4.69, 9.17) is 5.73 Å². The van der Waals surface area contributed by atoms with Crippen molar-refractivity contribution in [1.82, 2.24) is 19.9 Å². The van der Waals surface area contributed by atoms with Crippen molar-refractivity contribution in [2.45, 2.75) is 6.42 Å². The van der Waals surface area contributed by atoms with Crippen LogP contribution < -0.4 is 5.73 Å². The summed E-state index contributed by atoms with van der Waals surface area (Å²) in [6.45, 7) is 0. The molecule has 3 aromatic rings. The number of aromatic amines is 1. The summed E-state index contributed by atoms with van der Waals surface area (Å²) >= 11 is 0. The number of imidazole rings is 1. The van der Waals surface area contributed by atoms with Crippen LogP contribution in [0.3, 0.4) is 0 Å². The molecule has 0 aliphatic rings. The first-order chi connectivity index (χ1) is 8.72. The number of nitrogens with zero attached hydrogens (tertiary/aromatic N) is 3. The number of hydrogen-bond acceptors (Lipinski definition) is 4. The third-order valence-corrected chi connectivity index (χ3v) is 2.61. The Balaban J connectivity index is 2.01. The van der Waals surface area contributed by atoms with Crippen LogP contribution in [0, 0.1) is 6.08 Å². The fraction of sp³-hybridized carbons (Fsp3) is 0.0833. The molecule has 1 aromatic carbocycles. The SMILES string of the molecule is Nc1nc(F)nc2[nH]c(Cc3ccccc3)nc12. The summed E-state index contributed by atoms with van der Waals surface area (Å²) in [7, 11) is 0. The highest BCUT2D eigenvalue weighted by molar-refractivity contribution is 5.81. The van der Waals surface area contributed by atoms with Gasteiger partial charge in [0, 0.05) is 6.42 Å². The molecule has 0 unspecified atom stereocenters. The van der Waals surface area contributed by atoms with Crippen LogP contribution in [0.2, 0.25) is 0 Å². The molecule has 0 saturated heterocycles. The second-order valence-electron chi connectivity index (χ2n) is 3.92. The molecule has 2 aromatic heterocycles. The lowest BCUT2D eigenvalue weighted by atomic mass is 10.1. The molecule has 0 radical (unpaired) electrons. The minimum Gasteiger partial charge on any atom is -0.382 e. The maximum absolute atomic E-state index is 13.0. The molecular weight excluding hydrogens is 233 g/mol. The van der Waals surface area contributed by atoms with Crippen LogP contribution in [0.25, 0.3) is 11.2 Å². The average molecular weight is 243 g/mol. The zero-order valence-electron chi connectivity index (χ0n) is 9.39. The van der Waals surface area contributed by atoms with Crippen molar-refractivity contribution in [3.63, 3.8) is 0 Å². The largest absolute Gasteiger partial charge is 0.382 e. The van der Waals surface area contributed by atoms with E-state index in [9.17, 15) is 4.39 Å². The third-order valence-electron chi connectivity index (χ3n) is 2.61. The number of nitrogen functional groups attached to an aromatic ring is 1. The predicted octanol–water partition coefficient (Wildman–Crippen LogP) is 1.67. The lowest BCUT2D eigenvalue weighted by molar-refractivity contribution is 0.545. The molecule has 0 amide bonds.